The second kappa shape index (κ2) is 8.49. The first-order chi connectivity index (χ1) is 10.6. The maximum absolute atomic E-state index is 12.0. The number of hydrogen-bond acceptors (Lipinski definition) is 3. The fourth-order valence-electron chi connectivity index (χ4n) is 1.95. The van der Waals surface area contributed by atoms with Crippen LogP contribution < -0.4 is 10.1 Å². The average Bonchev–Trinajstić information content (AvgIpc) is 2.52. The Morgan fingerprint density at radius 3 is 2.68 bits per heavy atom. The van der Waals surface area contributed by atoms with Gasteiger partial charge in [0.15, 0.2) is 0 Å². The average molecular weight is 315 g/mol. The fraction of sp³-hybridized carbons (Fsp3) is 0.278. The molecule has 0 saturated carbocycles. The van der Waals surface area contributed by atoms with Crippen molar-refractivity contribution in [3.05, 3.63) is 60.2 Å². The van der Waals surface area contributed by atoms with Gasteiger partial charge < -0.3 is 10.1 Å². The van der Waals surface area contributed by atoms with Gasteiger partial charge in [0, 0.05) is 4.90 Å². The third-order valence-electron chi connectivity index (χ3n) is 3.08. The molecule has 22 heavy (non-hydrogen) atoms. The van der Waals surface area contributed by atoms with E-state index in [1.165, 1.54) is 0 Å². The zero-order chi connectivity index (χ0) is 15.8. The van der Waals surface area contributed by atoms with Crippen LogP contribution in [-0.4, -0.2) is 24.3 Å². The van der Waals surface area contributed by atoms with Crippen molar-refractivity contribution in [2.24, 2.45) is 0 Å². The predicted molar refractivity (Wildman–Crippen MR) is 91.4 cm³/mol. The lowest BCUT2D eigenvalue weighted by atomic mass is 10.2. The molecule has 0 fully saturated rings. The Labute approximate surface area is 136 Å². The molecule has 0 bridgehead atoms. The summed E-state index contributed by atoms with van der Waals surface area (Å²) < 4.78 is 5.61. The van der Waals surface area contributed by atoms with Crippen molar-refractivity contribution in [2.45, 2.75) is 24.0 Å². The van der Waals surface area contributed by atoms with Gasteiger partial charge >= 0.3 is 0 Å². The lowest BCUT2D eigenvalue weighted by Gasteiger charge is -2.12. The Kier molecular flexibility index (Phi) is 6.34. The molecule has 2 rings (SSSR count). The monoisotopic (exact) mass is 315 g/mol. The van der Waals surface area contributed by atoms with E-state index in [4.69, 9.17) is 4.74 Å². The highest BCUT2D eigenvalue weighted by Crippen LogP contribution is 2.22. The summed E-state index contributed by atoms with van der Waals surface area (Å²) >= 11 is 1.56. The van der Waals surface area contributed by atoms with E-state index in [1.54, 1.807) is 11.8 Å². The molecule has 0 saturated heterocycles. The van der Waals surface area contributed by atoms with Crippen LogP contribution in [0.25, 0.3) is 0 Å². The molecule has 0 aromatic heterocycles. The molecular formula is C18H21NO2S. The summed E-state index contributed by atoms with van der Waals surface area (Å²) in [7, 11) is 0. The molecule has 0 aliphatic heterocycles. The maximum Gasteiger partial charge on any atom is 0.233 e. The number of benzene rings is 2. The third kappa shape index (κ3) is 5.45. The molecule has 4 heteroatoms. The summed E-state index contributed by atoms with van der Waals surface area (Å²) in [5.74, 6) is 0.864. The SMILES string of the molecule is Cc1cccc(OCCNC(=O)C(C)Sc2ccccc2)c1. The number of carbonyl (C=O) groups is 1. The van der Waals surface area contributed by atoms with Crippen LogP contribution in [0.1, 0.15) is 12.5 Å². The largest absolute Gasteiger partial charge is 0.492 e. The number of nitrogens with one attached hydrogen (secondary N) is 1. The summed E-state index contributed by atoms with van der Waals surface area (Å²) in [5.41, 5.74) is 1.16. The second-order valence-electron chi connectivity index (χ2n) is 5.03. The van der Waals surface area contributed by atoms with Crippen LogP contribution in [-0.2, 0) is 4.79 Å². The number of ether oxygens (including phenoxy) is 1. The highest BCUT2D eigenvalue weighted by Gasteiger charge is 2.13. The quantitative estimate of drug-likeness (QED) is 0.626. The molecule has 0 aliphatic rings. The lowest BCUT2D eigenvalue weighted by Crippen LogP contribution is -2.33. The highest BCUT2D eigenvalue weighted by molar-refractivity contribution is 8.00. The van der Waals surface area contributed by atoms with E-state index < -0.39 is 0 Å². The van der Waals surface area contributed by atoms with Crippen molar-refractivity contribution >= 4 is 17.7 Å². The van der Waals surface area contributed by atoms with E-state index in [9.17, 15) is 4.79 Å². The summed E-state index contributed by atoms with van der Waals surface area (Å²) in [6, 6.07) is 17.8. The number of amides is 1. The number of rotatable bonds is 7. The van der Waals surface area contributed by atoms with Crippen LogP contribution in [0.15, 0.2) is 59.5 Å². The Morgan fingerprint density at radius 2 is 1.95 bits per heavy atom. The van der Waals surface area contributed by atoms with Gasteiger partial charge in [-0.3, -0.25) is 4.79 Å². The predicted octanol–water partition coefficient (Wildman–Crippen LogP) is 3.67. The molecule has 2 aromatic rings. The summed E-state index contributed by atoms with van der Waals surface area (Å²) in [5, 5.41) is 2.78. The Bertz CT molecular complexity index is 601. The van der Waals surface area contributed by atoms with Crippen LogP contribution in [0.4, 0.5) is 0 Å². The number of hydrogen-bond donors (Lipinski definition) is 1. The second-order valence-corrected chi connectivity index (χ2v) is 6.44. The maximum atomic E-state index is 12.0. The molecule has 1 amide bonds. The molecule has 116 valence electrons. The zero-order valence-corrected chi connectivity index (χ0v) is 13.7. The molecular weight excluding hydrogens is 294 g/mol. The number of thioether (sulfide) groups is 1. The minimum atomic E-state index is -0.124. The molecule has 0 aliphatic carbocycles. The van der Waals surface area contributed by atoms with Gasteiger partial charge in [-0.15, -0.1) is 11.8 Å². The van der Waals surface area contributed by atoms with E-state index >= 15 is 0 Å². The van der Waals surface area contributed by atoms with E-state index in [2.05, 4.69) is 5.32 Å². The van der Waals surface area contributed by atoms with Crippen molar-refractivity contribution in [1.82, 2.24) is 5.32 Å². The van der Waals surface area contributed by atoms with Gasteiger partial charge in [-0.2, -0.15) is 0 Å². The Balaban J connectivity index is 1.69. The Morgan fingerprint density at radius 1 is 1.18 bits per heavy atom. The number of carbonyl (C=O) groups excluding carboxylic acids is 1. The van der Waals surface area contributed by atoms with Gasteiger partial charge in [0.25, 0.3) is 0 Å². The van der Waals surface area contributed by atoms with Crippen LogP contribution in [0.2, 0.25) is 0 Å². The van der Waals surface area contributed by atoms with Gasteiger partial charge in [0.05, 0.1) is 11.8 Å². The van der Waals surface area contributed by atoms with Crippen LogP contribution >= 0.6 is 11.8 Å². The first-order valence-corrected chi connectivity index (χ1v) is 8.22. The first kappa shape index (κ1) is 16.4. The standard InChI is InChI=1S/C18H21NO2S/c1-14-7-6-8-16(13-14)21-12-11-19-18(20)15(2)22-17-9-4-3-5-10-17/h3-10,13,15H,11-12H2,1-2H3,(H,19,20). The molecule has 3 nitrogen and oxygen atoms in total. The number of aryl methyl sites for hydroxylation is 1. The molecule has 1 unspecified atom stereocenters. The van der Waals surface area contributed by atoms with Gasteiger partial charge in [-0.1, -0.05) is 30.3 Å². The van der Waals surface area contributed by atoms with Crippen molar-refractivity contribution < 1.29 is 9.53 Å². The minimum Gasteiger partial charge on any atom is -0.492 e. The topological polar surface area (TPSA) is 38.3 Å². The van der Waals surface area contributed by atoms with E-state index in [-0.39, 0.29) is 11.2 Å². The first-order valence-electron chi connectivity index (χ1n) is 7.34. The third-order valence-corrected chi connectivity index (χ3v) is 4.20. The molecule has 1 N–H and O–H groups in total. The van der Waals surface area contributed by atoms with Gasteiger partial charge in [-0.25, -0.2) is 0 Å². The molecule has 0 spiro atoms. The summed E-state index contributed by atoms with van der Waals surface area (Å²) in [4.78, 5) is 13.1. The van der Waals surface area contributed by atoms with Crippen LogP contribution in [0, 0.1) is 6.92 Å². The van der Waals surface area contributed by atoms with E-state index in [0.717, 1.165) is 16.2 Å². The highest BCUT2D eigenvalue weighted by atomic mass is 32.2. The van der Waals surface area contributed by atoms with Crippen molar-refractivity contribution in [3.8, 4) is 5.75 Å². The fourth-order valence-corrected chi connectivity index (χ4v) is 2.86. The Hall–Kier alpha value is -1.94. The van der Waals surface area contributed by atoms with E-state index in [1.807, 2.05) is 68.4 Å². The van der Waals surface area contributed by atoms with Crippen molar-refractivity contribution in [2.75, 3.05) is 13.2 Å². The van der Waals surface area contributed by atoms with Gasteiger partial charge in [-0.05, 0) is 43.7 Å². The van der Waals surface area contributed by atoms with Crippen molar-refractivity contribution in [1.29, 1.82) is 0 Å². The lowest BCUT2D eigenvalue weighted by molar-refractivity contribution is -0.120. The zero-order valence-electron chi connectivity index (χ0n) is 12.9. The van der Waals surface area contributed by atoms with Crippen LogP contribution in [0.5, 0.6) is 5.75 Å². The van der Waals surface area contributed by atoms with Crippen molar-refractivity contribution in [3.63, 3.8) is 0 Å². The smallest absolute Gasteiger partial charge is 0.233 e. The molecule has 0 heterocycles. The van der Waals surface area contributed by atoms with E-state index in [0.29, 0.717) is 13.2 Å². The molecule has 2 aromatic carbocycles. The van der Waals surface area contributed by atoms with Crippen LogP contribution in [0.3, 0.4) is 0 Å². The normalized spacial score (nSPS) is 11.7. The summed E-state index contributed by atoms with van der Waals surface area (Å²) in [6.07, 6.45) is 0. The minimum absolute atomic E-state index is 0.0293. The summed E-state index contributed by atoms with van der Waals surface area (Å²) in [6.45, 7) is 4.91. The van der Waals surface area contributed by atoms with Gasteiger partial charge in [0.1, 0.15) is 12.4 Å². The van der Waals surface area contributed by atoms with Gasteiger partial charge in [0.2, 0.25) is 5.91 Å². The molecule has 0 radical (unpaired) electrons. The molecule has 1 atom stereocenters.